The topological polar surface area (TPSA) is 153 Å². The fourth-order valence-corrected chi connectivity index (χ4v) is 1.56. The number of aliphatic hydroxyl groups is 2. The third kappa shape index (κ3) is 13.9. The van der Waals surface area contributed by atoms with Crippen molar-refractivity contribution in [2.75, 3.05) is 39.6 Å². The molecule has 0 aromatic rings. The fraction of sp³-hybridized carbons (Fsp3) is 0.824. The standard InChI is InChI=1S/C9H15NO5.C8H17NO4/c1-6(2)3-13-8(11)10-7-4-14-9(12)15-5-7;1-6(2)5-13-8(12)9-7(3-10)4-11/h6-7H,3-5H2,1-2H3,(H,10,11);6-7,10-11H,3-5H2,1-2H3,(H,9,12). The average molecular weight is 408 g/mol. The SMILES string of the molecule is CC(C)COC(=O)NC(CO)CO.CC(C)COC(=O)NC1COC(=O)OC1. The summed E-state index contributed by atoms with van der Waals surface area (Å²) in [5.41, 5.74) is 0. The number of nitrogens with one attached hydrogen (secondary N) is 2. The molecule has 4 N–H and O–H groups in total. The maximum absolute atomic E-state index is 11.2. The van der Waals surface area contributed by atoms with Gasteiger partial charge in [0.2, 0.25) is 0 Å². The fourth-order valence-electron chi connectivity index (χ4n) is 1.56. The van der Waals surface area contributed by atoms with Gasteiger partial charge in [-0.05, 0) is 11.8 Å². The molecule has 0 bridgehead atoms. The lowest BCUT2D eigenvalue weighted by Crippen LogP contribution is -2.45. The number of amides is 2. The largest absolute Gasteiger partial charge is 0.508 e. The molecule has 0 unspecified atom stereocenters. The molecule has 1 heterocycles. The van der Waals surface area contributed by atoms with Gasteiger partial charge in [0.15, 0.2) is 0 Å². The molecule has 1 aliphatic rings. The van der Waals surface area contributed by atoms with E-state index in [-0.39, 0.29) is 44.3 Å². The number of aliphatic hydroxyl groups excluding tert-OH is 2. The van der Waals surface area contributed by atoms with Gasteiger partial charge in [0.25, 0.3) is 0 Å². The molecule has 1 rings (SSSR count). The van der Waals surface area contributed by atoms with Crippen LogP contribution in [0.2, 0.25) is 0 Å². The summed E-state index contributed by atoms with van der Waals surface area (Å²) >= 11 is 0. The number of alkyl carbamates (subject to hydrolysis) is 2. The van der Waals surface area contributed by atoms with Crippen molar-refractivity contribution in [1.29, 1.82) is 0 Å². The van der Waals surface area contributed by atoms with E-state index in [4.69, 9.17) is 19.7 Å². The van der Waals surface area contributed by atoms with Crippen LogP contribution in [0.15, 0.2) is 0 Å². The van der Waals surface area contributed by atoms with E-state index < -0.39 is 24.4 Å². The number of carbonyl (C=O) groups excluding carboxylic acids is 3. The first-order valence-corrected chi connectivity index (χ1v) is 9.05. The molecule has 28 heavy (non-hydrogen) atoms. The molecule has 0 atom stereocenters. The summed E-state index contributed by atoms with van der Waals surface area (Å²) in [5.74, 6) is 0.559. The number of cyclic esters (lactones) is 2. The van der Waals surface area contributed by atoms with Crippen LogP contribution in [0, 0.1) is 11.8 Å². The molecule has 0 spiro atoms. The van der Waals surface area contributed by atoms with Gasteiger partial charge in [0.1, 0.15) is 19.3 Å². The highest BCUT2D eigenvalue weighted by molar-refractivity contribution is 5.68. The van der Waals surface area contributed by atoms with Gasteiger partial charge in [0, 0.05) is 0 Å². The average Bonchev–Trinajstić information content (AvgIpc) is 2.65. The van der Waals surface area contributed by atoms with Crippen LogP contribution in [0.1, 0.15) is 27.7 Å². The first kappa shape index (κ1) is 25.7. The molecule has 0 aliphatic carbocycles. The monoisotopic (exact) mass is 408 g/mol. The highest BCUT2D eigenvalue weighted by atomic mass is 16.7. The van der Waals surface area contributed by atoms with Crippen molar-refractivity contribution in [3.63, 3.8) is 0 Å². The summed E-state index contributed by atoms with van der Waals surface area (Å²) in [6.07, 6.45) is -1.83. The second-order valence-corrected chi connectivity index (χ2v) is 6.90. The predicted octanol–water partition coefficient (Wildman–Crippen LogP) is 0.626. The van der Waals surface area contributed by atoms with E-state index in [0.717, 1.165) is 0 Å². The summed E-state index contributed by atoms with van der Waals surface area (Å²) in [4.78, 5) is 32.6. The van der Waals surface area contributed by atoms with Crippen molar-refractivity contribution in [1.82, 2.24) is 10.6 Å². The maximum atomic E-state index is 11.2. The molecule has 0 radical (unpaired) electrons. The van der Waals surface area contributed by atoms with E-state index in [2.05, 4.69) is 20.1 Å². The van der Waals surface area contributed by atoms with Gasteiger partial charge >= 0.3 is 18.3 Å². The summed E-state index contributed by atoms with van der Waals surface area (Å²) in [6, 6.07) is -0.970. The molecule has 1 saturated heterocycles. The van der Waals surface area contributed by atoms with Gasteiger partial charge in [-0.2, -0.15) is 0 Å². The Kier molecular flexibility index (Phi) is 13.6. The van der Waals surface area contributed by atoms with Crippen LogP contribution in [0.5, 0.6) is 0 Å². The minimum Gasteiger partial charge on any atom is -0.449 e. The third-order valence-corrected chi connectivity index (χ3v) is 2.98. The summed E-state index contributed by atoms with van der Waals surface area (Å²) in [5, 5.41) is 22.1. The van der Waals surface area contributed by atoms with E-state index in [1.54, 1.807) is 0 Å². The zero-order valence-electron chi connectivity index (χ0n) is 16.8. The van der Waals surface area contributed by atoms with Crippen molar-refractivity contribution in [3.05, 3.63) is 0 Å². The second-order valence-electron chi connectivity index (χ2n) is 6.90. The molecular formula is C17H32N2O9. The maximum Gasteiger partial charge on any atom is 0.508 e. The van der Waals surface area contributed by atoms with Gasteiger partial charge in [0.05, 0.1) is 32.5 Å². The van der Waals surface area contributed by atoms with Gasteiger partial charge in [-0.1, -0.05) is 27.7 Å². The third-order valence-electron chi connectivity index (χ3n) is 2.98. The molecule has 0 aromatic carbocycles. The first-order chi connectivity index (χ1) is 13.2. The molecule has 11 heteroatoms. The lowest BCUT2D eigenvalue weighted by Gasteiger charge is -2.22. The van der Waals surface area contributed by atoms with Crippen LogP contribution >= 0.6 is 0 Å². The van der Waals surface area contributed by atoms with Crippen LogP contribution in [-0.4, -0.2) is 80.3 Å². The molecule has 0 saturated carbocycles. The second kappa shape index (κ2) is 14.7. The molecular weight excluding hydrogens is 376 g/mol. The number of hydrogen-bond donors (Lipinski definition) is 4. The molecule has 2 amide bonds. The van der Waals surface area contributed by atoms with Crippen LogP contribution in [0.25, 0.3) is 0 Å². The lowest BCUT2D eigenvalue weighted by molar-refractivity contribution is 0.0000648. The van der Waals surface area contributed by atoms with E-state index in [1.807, 2.05) is 27.7 Å². The number of ether oxygens (including phenoxy) is 4. The van der Waals surface area contributed by atoms with E-state index in [1.165, 1.54) is 0 Å². The Balaban J connectivity index is 0.000000528. The minimum absolute atomic E-state index is 0.121. The molecule has 11 nitrogen and oxygen atoms in total. The van der Waals surface area contributed by atoms with Crippen LogP contribution in [0.3, 0.4) is 0 Å². The Morgan fingerprint density at radius 2 is 1.46 bits per heavy atom. The molecule has 1 aliphatic heterocycles. The Hall–Kier alpha value is -2.27. The number of hydrogen-bond acceptors (Lipinski definition) is 9. The smallest absolute Gasteiger partial charge is 0.449 e. The van der Waals surface area contributed by atoms with Crippen molar-refractivity contribution in [3.8, 4) is 0 Å². The zero-order valence-corrected chi connectivity index (χ0v) is 16.8. The minimum atomic E-state index is -0.705. The van der Waals surface area contributed by atoms with E-state index in [9.17, 15) is 14.4 Å². The van der Waals surface area contributed by atoms with Crippen LogP contribution < -0.4 is 10.6 Å². The molecule has 1 fully saturated rings. The van der Waals surface area contributed by atoms with Crippen molar-refractivity contribution in [2.45, 2.75) is 39.8 Å². The Morgan fingerprint density at radius 1 is 1.00 bits per heavy atom. The highest BCUT2D eigenvalue weighted by Gasteiger charge is 2.22. The van der Waals surface area contributed by atoms with E-state index >= 15 is 0 Å². The highest BCUT2D eigenvalue weighted by Crippen LogP contribution is 2.00. The summed E-state index contributed by atoms with van der Waals surface area (Å²) < 4.78 is 18.8. The summed E-state index contributed by atoms with van der Waals surface area (Å²) in [7, 11) is 0. The quantitative estimate of drug-likeness (QED) is 0.334. The number of carbonyl (C=O) groups is 3. The first-order valence-electron chi connectivity index (χ1n) is 9.05. The van der Waals surface area contributed by atoms with Gasteiger partial charge in [-0.25, -0.2) is 14.4 Å². The van der Waals surface area contributed by atoms with Gasteiger partial charge in [-0.15, -0.1) is 0 Å². The van der Waals surface area contributed by atoms with Gasteiger partial charge in [-0.3, -0.25) is 0 Å². The van der Waals surface area contributed by atoms with Crippen molar-refractivity contribution < 1.29 is 43.5 Å². The van der Waals surface area contributed by atoms with E-state index in [0.29, 0.717) is 13.2 Å². The Morgan fingerprint density at radius 3 is 1.89 bits per heavy atom. The van der Waals surface area contributed by atoms with Crippen LogP contribution in [-0.2, 0) is 18.9 Å². The normalized spacial score (nSPS) is 14.0. The van der Waals surface area contributed by atoms with Gasteiger partial charge < -0.3 is 39.8 Å². The zero-order chi connectivity index (χ0) is 21.5. The molecule has 0 aromatic heterocycles. The van der Waals surface area contributed by atoms with Crippen LogP contribution in [0.4, 0.5) is 14.4 Å². The Bertz CT molecular complexity index is 458. The number of rotatable bonds is 8. The van der Waals surface area contributed by atoms with Crippen molar-refractivity contribution >= 4 is 18.3 Å². The Labute approximate surface area is 164 Å². The predicted molar refractivity (Wildman–Crippen MR) is 97.7 cm³/mol. The van der Waals surface area contributed by atoms with Crippen molar-refractivity contribution in [2.24, 2.45) is 11.8 Å². The molecule has 164 valence electrons. The summed E-state index contributed by atoms with van der Waals surface area (Å²) in [6.45, 7) is 8.06. The lowest BCUT2D eigenvalue weighted by atomic mass is 10.2.